The number of aryl methyl sites for hydroxylation is 1. The smallest absolute Gasteiger partial charge is 0.264 e. The Bertz CT molecular complexity index is 1410. The van der Waals surface area contributed by atoms with Gasteiger partial charge in [-0.2, -0.15) is 0 Å². The second-order valence-corrected chi connectivity index (χ2v) is 12.5. The quantitative estimate of drug-likeness (QED) is 0.337. The fourth-order valence-corrected chi connectivity index (χ4v) is 6.53. The van der Waals surface area contributed by atoms with Crippen LogP contribution >= 0.6 is 0 Å². The fraction of sp³-hybridized carbons (Fsp3) is 0.375. The van der Waals surface area contributed by atoms with Crippen molar-refractivity contribution >= 4 is 27.5 Å². The van der Waals surface area contributed by atoms with Crippen molar-refractivity contribution in [1.29, 1.82) is 0 Å². The van der Waals surface area contributed by atoms with E-state index in [0.29, 0.717) is 6.42 Å². The Morgan fingerprint density at radius 2 is 1.56 bits per heavy atom. The summed E-state index contributed by atoms with van der Waals surface area (Å²) in [5.74, 6) is -1.30. The molecule has 3 aromatic carbocycles. The summed E-state index contributed by atoms with van der Waals surface area (Å²) in [7, 11) is -4.19. The molecule has 1 N–H and O–H groups in total. The van der Waals surface area contributed by atoms with E-state index in [1.54, 1.807) is 19.1 Å². The molecule has 0 bridgehead atoms. The van der Waals surface area contributed by atoms with Crippen LogP contribution in [0.5, 0.6) is 0 Å². The Morgan fingerprint density at radius 1 is 0.927 bits per heavy atom. The minimum atomic E-state index is -4.19. The van der Waals surface area contributed by atoms with E-state index in [4.69, 9.17) is 0 Å². The molecule has 2 amide bonds. The number of anilines is 1. The van der Waals surface area contributed by atoms with Crippen molar-refractivity contribution in [2.45, 2.75) is 69.4 Å². The van der Waals surface area contributed by atoms with E-state index in [2.05, 4.69) is 5.32 Å². The standard InChI is InChI=1S/C32H38FN3O4S/c1-24-13-19-30(20-14-24)41(39,40)36(29-17-15-27(33)16-18-29)23-31(37)35(22-21-26-9-5-3-6-10-26)25(2)32(38)34-28-11-7-4-8-12-28/h3,5-6,9-10,13-20,25,28H,4,7-8,11-12,21-23H2,1-2H3,(H,34,38). The molecular weight excluding hydrogens is 541 g/mol. The molecule has 218 valence electrons. The maximum Gasteiger partial charge on any atom is 0.264 e. The van der Waals surface area contributed by atoms with Crippen LogP contribution < -0.4 is 9.62 Å². The Kier molecular flexibility index (Phi) is 10.2. The number of benzene rings is 3. The van der Waals surface area contributed by atoms with Crippen LogP contribution in [0.3, 0.4) is 0 Å². The number of nitrogens with one attached hydrogen (secondary N) is 1. The Hall–Kier alpha value is -3.72. The molecule has 1 aliphatic rings. The molecule has 41 heavy (non-hydrogen) atoms. The van der Waals surface area contributed by atoms with E-state index in [1.807, 2.05) is 37.3 Å². The molecule has 9 heteroatoms. The maximum atomic E-state index is 14.0. The molecule has 1 saturated carbocycles. The normalized spacial score (nSPS) is 14.7. The van der Waals surface area contributed by atoms with E-state index in [-0.39, 0.29) is 29.1 Å². The summed E-state index contributed by atoms with van der Waals surface area (Å²) in [5.41, 5.74) is 2.04. The third kappa shape index (κ3) is 7.94. The summed E-state index contributed by atoms with van der Waals surface area (Å²) < 4.78 is 42.4. The number of amides is 2. The van der Waals surface area contributed by atoms with Gasteiger partial charge in [-0.05, 0) is 75.1 Å². The van der Waals surface area contributed by atoms with Gasteiger partial charge in [-0.3, -0.25) is 13.9 Å². The van der Waals surface area contributed by atoms with Crippen molar-refractivity contribution < 1.29 is 22.4 Å². The minimum absolute atomic E-state index is 0.0131. The fourth-order valence-electron chi connectivity index (χ4n) is 5.11. The number of carbonyl (C=O) groups excluding carboxylic acids is 2. The van der Waals surface area contributed by atoms with Crippen molar-refractivity contribution in [3.05, 3.63) is 95.8 Å². The number of rotatable bonds is 11. The number of hydrogen-bond donors (Lipinski definition) is 1. The lowest BCUT2D eigenvalue weighted by atomic mass is 9.95. The average molecular weight is 580 g/mol. The van der Waals surface area contributed by atoms with Crippen LogP contribution in [0.1, 0.15) is 50.2 Å². The second-order valence-electron chi connectivity index (χ2n) is 10.6. The van der Waals surface area contributed by atoms with E-state index in [1.165, 1.54) is 29.2 Å². The molecule has 0 saturated heterocycles. The highest BCUT2D eigenvalue weighted by molar-refractivity contribution is 7.92. The lowest BCUT2D eigenvalue weighted by molar-refractivity contribution is -0.139. The topological polar surface area (TPSA) is 86.8 Å². The first-order valence-electron chi connectivity index (χ1n) is 14.1. The molecule has 3 aromatic rings. The van der Waals surface area contributed by atoms with Crippen LogP contribution in [0.4, 0.5) is 10.1 Å². The maximum absolute atomic E-state index is 14.0. The summed E-state index contributed by atoms with van der Waals surface area (Å²) in [6, 6.07) is 20.2. The summed E-state index contributed by atoms with van der Waals surface area (Å²) >= 11 is 0. The molecule has 0 heterocycles. The average Bonchev–Trinajstić information content (AvgIpc) is 2.97. The SMILES string of the molecule is Cc1ccc(S(=O)(=O)N(CC(=O)N(CCc2ccccc2)C(C)C(=O)NC2CCCCC2)c2ccc(F)cc2)cc1. The Balaban J connectivity index is 1.63. The lowest BCUT2D eigenvalue weighted by Crippen LogP contribution is -2.53. The van der Waals surface area contributed by atoms with Gasteiger partial charge in [-0.15, -0.1) is 0 Å². The third-order valence-corrected chi connectivity index (χ3v) is 9.39. The first kappa shape index (κ1) is 30.2. The number of carbonyl (C=O) groups is 2. The van der Waals surface area contributed by atoms with Crippen LogP contribution in [-0.4, -0.2) is 50.3 Å². The zero-order valence-corrected chi connectivity index (χ0v) is 24.4. The predicted molar refractivity (Wildman–Crippen MR) is 158 cm³/mol. The second kappa shape index (κ2) is 13.8. The first-order valence-corrected chi connectivity index (χ1v) is 15.6. The van der Waals surface area contributed by atoms with Crippen molar-refractivity contribution in [3.63, 3.8) is 0 Å². The molecule has 7 nitrogen and oxygen atoms in total. The zero-order valence-electron chi connectivity index (χ0n) is 23.6. The van der Waals surface area contributed by atoms with E-state index in [0.717, 1.165) is 59.7 Å². The van der Waals surface area contributed by atoms with Crippen molar-refractivity contribution in [3.8, 4) is 0 Å². The van der Waals surface area contributed by atoms with Gasteiger partial charge in [0.15, 0.2) is 0 Å². The molecule has 4 rings (SSSR count). The van der Waals surface area contributed by atoms with Gasteiger partial charge in [0.05, 0.1) is 10.6 Å². The summed E-state index contributed by atoms with van der Waals surface area (Å²) in [6.07, 6.45) is 5.57. The minimum Gasteiger partial charge on any atom is -0.352 e. The van der Waals surface area contributed by atoms with Gasteiger partial charge in [0.2, 0.25) is 11.8 Å². The highest BCUT2D eigenvalue weighted by Crippen LogP contribution is 2.25. The van der Waals surface area contributed by atoms with Crippen molar-refractivity contribution in [1.82, 2.24) is 10.2 Å². The molecule has 1 atom stereocenters. The van der Waals surface area contributed by atoms with Gasteiger partial charge in [-0.25, -0.2) is 12.8 Å². The summed E-state index contributed by atoms with van der Waals surface area (Å²) in [4.78, 5) is 28.7. The summed E-state index contributed by atoms with van der Waals surface area (Å²) in [6.45, 7) is 3.21. The van der Waals surface area contributed by atoms with Gasteiger partial charge in [0.1, 0.15) is 18.4 Å². The number of nitrogens with zero attached hydrogens (tertiary/aromatic N) is 2. The van der Waals surface area contributed by atoms with E-state index in [9.17, 15) is 22.4 Å². The third-order valence-electron chi connectivity index (χ3n) is 7.61. The highest BCUT2D eigenvalue weighted by Gasteiger charge is 2.33. The zero-order chi connectivity index (χ0) is 29.4. The molecule has 1 fully saturated rings. The monoisotopic (exact) mass is 579 g/mol. The molecular formula is C32H38FN3O4S. The van der Waals surface area contributed by atoms with Crippen molar-refractivity contribution in [2.75, 3.05) is 17.4 Å². The van der Waals surface area contributed by atoms with Crippen LogP contribution in [0.2, 0.25) is 0 Å². The number of halogens is 1. The molecule has 0 aromatic heterocycles. The molecule has 0 spiro atoms. The number of hydrogen-bond acceptors (Lipinski definition) is 4. The number of sulfonamides is 1. The van der Waals surface area contributed by atoms with Crippen LogP contribution in [-0.2, 0) is 26.0 Å². The largest absolute Gasteiger partial charge is 0.352 e. The van der Waals surface area contributed by atoms with Gasteiger partial charge < -0.3 is 10.2 Å². The molecule has 0 radical (unpaired) electrons. The Labute approximate surface area is 242 Å². The van der Waals surface area contributed by atoms with Crippen LogP contribution in [0.15, 0.2) is 83.8 Å². The van der Waals surface area contributed by atoms with Crippen molar-refractivity contribution in [2.24, 2.45) is 0 Å². The van der Waals surface area contributed by atoms with Gasteiger partial charge in [0.25, 0.3) is 10.0 Å². The van der Waals surface area contributed by atoms with Gasteiger partial charge in [0, 0.05) is 12.6 Å². The molecule has 1 aliphatic carbocycles. The predicted octanol–water partition coefficient (Wildman–Crippen LogP) is 5.24. The summed E-state index contributed by atoms with van der Waals surface area (Å²) in [5, 5.41) is 3.10. The molecule has 1 unspecified atom stereocenters. The first-order chi connectivity index (χ1) is 19.6. The van der Waals surface area contributed by atoms with Crippen LogP contribution in [0, 0.1) is 12.7 Å². The van der Waals surface area contributed by atoms with E-state index < -0.39 is 34.3 Å². The van der Waals surface area contributed by atoms with Gasteiger partial charge >= 0.3 is 0 Å². The molecule has 0 aliphatic heterocycles. The highest BCUT2D eigenvalue weighted by atomic mass is 32.2. The van der Waals surface area contributed by atoms with Gasteiger partial charge in [-0.1, -0.05) is 67.3 Å². The van der Waals surface area contributed by atoms with E-state index >= 15 is 0 Å². The Morgan fingerprint density at radius 3 is 2.20 bits per heavy atom. The lowest BCUT2D eigenvalue weighted by Gasteiger charge is -2.33. The van der Waals surface area contributed by atoms with Crippen LogP contribution in [0.25, 0.3) is 0 Å².